The summed E-state index contributed by atoms with van der Waals surface area (Å²) >= 11 is 0. The van der Waals surface area contributed by atoms with Gasteiger partial charge in [-0.25, -0.2) is 14.8 Å². The average Bonchev–Trinajstić information content (AvgIpc) is 3.42. The molecule has 0 N–H and O–H groups in total. The second-order valence-corrected chi connectivity index (χ2v) is 9.51. The molecule has 10 heteroatoms. The number of hydrogen-bond acceptors (Lipinski definition) is 8. The highest BCUT2D eigenvalue weighted by Crippen LogP contribution is 2.31. The van der Waals surface area contributed by atoms with Gasteiger partial charge in [0.25, 0.3) is 0 Å². The molecule has 2 aromatic heterocycles. The first-order valence-corrected chi connectivity index (χ1v) is 12.4. The number of amides is 1. The van der Waals surface area contributed by atoms with E-state index in [0.29, 0.717) is 36.2 Å². The van der Waals surface area contributed by atoms with E-state index in [-0.39, 0.29) is 30.7 Å². The molecule has 4 rings (SSSR count). The van der Waals surface area contributed by atoms with Gasteiger partial charge in [-0.15, -0.1) is 0 Å². The van der Waals surface area contributed by atoms with Gasteiger partial charge in [-0.05, 0) is 51.9 Å². The van der Waals surface area contributed by atoms with Gasteiger partial charge < -0.3 is 19.1 Å². The van der Waals surface area contributed by atoms with Crippen molar-refractivity contribution in [3.8, 4) is 17.1 Å². The summed E-state index contributed by atoms with van der Waals surface area (Å²) in [5, 5.41) is 4.33. The number of ether oxygens (including phenoxy) is 3. The van der Waals surface area contributed by atoms with Gasteiger partial charge in [0.05, 0.1) is 36.3 Å². The summed E-state index contributed by atoms with van der Waals surface area (Å²) in [5.41, 5.74) is 2.78. The second kappa shape index (κ2) is 11.0. The number of carbonyl (C=O) groups is 2. The molecule has 0 aromatic carbocycles. The molecule has 2 aliphatic rings. The van der Waals surface area contributed by atoms with Crippen molar-refractivity contribution in [2.24, 2.45) is 18.9 Å². The Bertz CT molecular complexity index is 1050. The van der Waals surface area contributed by atoms with Gasteiger partial charge in [-0.2, -0.15) is 5.10 Å². The Morgan fingerprint density at radius 1 is 1.17 bits per heavy atom. The first-order chi connectivity index (χ1) is 16.9. The Kier molecular flexibility index (Phi) is 7.87. The molecule has 0 aliphatic heterocycles. The molecular weight excluding hydrogens is 450 g/mol. The third kappa shape index (κ3) is 5.91. The van der Waals surface area contributed by atoms with E-state index in [1.165, 1.54) is 19.3 Å². The summed E-state index contributed by atoms with van der Waals surface area (Å²) in [6.45, 7) is 4.86. The average molecular weight is 486 g/mol. The summed E-state index contributed by atoms with van der Waals surface area (Å²) in [4.78, 5) is 35.2. The van der Waals surface area contributed by atoms with Crippen LogP contribution in [-0.4, -0.2) is 63.0 Å². The molecule has 0 unspecified atom stereocenters. The van der Waals surface area contributed by atoms with Crippen LogP contribution in [0.25, 0.3) is 11.3 Å². The highest BCUT2D eigenvalue weighted by molar-refractivity contribution is 5.72. The maximum atomic E-state index is 12.4. The molecule has 190 valence electrons. The van der Waals surface area contributed by atoms with Crippen molar-refractivity contribution in [1.82, 2.24) is 24.6 Å². The van der Waals surface area contributed by atoms with Gasteiger partial charge in [-0.3, -0.25) is 9.48 Å². The van der Waals surface area contributed by atoms with Crippen LogP contribution in [0.3, 0.4) is 0 Å². The monoisotopic (exact) mass is 485 g/mol. The number of nitrogens with zero attached hydrogens (tertiary/aromatic N) is 5. The molecule has 1 amide bonds. The lowest BCUT2D eigenvalue weighted by Gasteiger charge is -2.29. The van der Waals surface area contributed by atoms with E-state index in [9.17, 15) is 9.59 Å². The predicted octanol–water partition coefficient (Wildman–Crippen LogP) is 3.66. The second-order valence-electron chi connectivity index (χ2n) is 9.51. The molecule has 0 radical (unpaired) electrons. The fraction of sp³-hybridized carbons (Fsp3) is 0.640. The van der Waals surface area contributed by atoms with Crippen LogP contribution in [0.2, 0.25) is 0 Å². The summed E-state index contributed by atoms with van der Waals surface area (Å²) in [6, 6.07) is 0. The number of esters is 1. The zero-order valence-electron chi connectivity index (χ0n) is 21.0. The van der Waals surface area contributed by atoms with Crippen molar-refractivity contribution < 1.29 is 23.8 Å². The minimum Gasteiger partial charge on any atom is -0.473 e. The normalized spacial score (nSPS) is 19.8. The van der Waals surface area contributed by atoms with Gasteiger partial charge in [0.15, 0.2) is 0 Å². The van der Waals surface area contributed by atoms with Gasteiger partial charge in [0.2, 0.25) is 5.88 Å². The standard InChI is InChI=1S/C25H35N5O5/c1-5-33-24(31)18-9-10-19(11-18)35-23-16(2)28-21(13-26-23)20-12-27-30(4)22(20)15-34-25(32)29(3)14-17-7-6-8-17/h12-13,17-19H,5-11,14-15H2,1-4H3/t18-,19-/m0/s1. The lowest BCUT2D eigenvalue weighted by Crippen LogP contribution is -2.34. The largest absolute Gasteiger partial charge is 0.473 e. The number of hydrogen-bond donors (Lipinski definition) is 0. The van der Waals surface area contributed by atoms with Crippen LogP contribution in [0.4, 0.5) is 4.79 Å². The van der Waals surface area contributed by atoms with Gasteiger partial charge in [0, 0.05) is 26.2 Å². The van der Waals surface area contributed by atoms with Crippen LogP contribution < -0.4 is 4.74 Å². The fourth-order valence-electron chi connectivity index (χ4n) is 4.62. The van der Waals surface area contributed by atoms with Crippen molar-refractivity contribution in [1.29, 1.82) is 0 Å². The molecule has 2 fully saturated rings. The van der Waals surface area contributed by atoms with Crippen molar-refractivity contribution in [3.63, 3.8) is 0 Å². The van der Waals surface area contributed by atoms with Gasteiger partial charge >= 0.3 is 12.1 Å². The van der Waals surface area contributed by atoms with Crippen LogP contribution in [0.1, 0.15) is 56.8 Å². The maximum absolute atomic E-state index is 12.4. The Morgan fingerprint density at radius 3 is 2.66 bits per heavy atom. The summed E-state index contributed by atoms with van der Waals surface area (Å²) < 4.78 is 18.4. The van der Waals surface area contributed by atoms with Crippen molar-refractivity contribution in [2.75, 3.05) is 20.2 Å². The lowest BCUT2D eigenvalue weighted by molar-refractivity contribution is -0.147. The summed E-state index contributed by atoms with van der Waals surface area (Å²) in [6.07, 6.45) is 8.65. The highest BCUT2D eigenvalue weighted by atomic mass is 16.6. The van der Waals surface area contributed by atoms with E-state index in [4.69, 9.17) is 14.2 Å². The molecule has 2 aromatic rings. The van der Waals surface area contributed by atoms with Crippen LogP contribution in [0.5, 0.6) is 5.88 Å². The molecule has 10 nitrogen and oxygen atoms in total. The fourth-order valence-corrected chi connectivity index (χ4v) is 4.62. The molecular formula is C25H35N5O5. The Balaban J connectivity index is 1.38. The summed E-state index contributed by atoms with van der Waals surface area (Å²) in [5.74, 6) is 0.758. The van der Waals surface area contributed by atoms with E-state index in [1.54, 1.807) is 29.0 Å². The third-order valence-corrected chi connectivity index (χ3v) is 6.92. The lowest BCUT2D eigenvalue weighted by atomic mass is 9.85. The molecule has 2 aliphatic carbocycles. The quantitative estimate of drug-likeness (QED) is 0.495. The third-order valence-electron chi connectivity index (χ3n) is 6.92. The molecule has 2 saturated carbocycles. The van der Waals surface area contributed by atoms with Crippen LogP contribution >= 0.6 is 0 Å². The first-order valence-electron chi connectivity index (χ1n) is 12.4. The molecule has 2 atom stereocenters. The minimum absolute atomic E-state index is 0.0893. The molecule has 2 heterocycles. The number of carbonyl (C=O) groups excluding carboxylic acids is 2. The highest BCUT2D eigenvalue weighted by Gasteiger charge is 2.33. The van der Waals surface area contributed by atoms with Crippen LogP contribution in [0, 0.1) is 18.8 Å². The van der Waals surface area contributed by atoms with E-state index in [1.807, 2.05) is 20.9 Å². The zero-order valence-corrected chi connectivity index (χ0v) is 21.0. The van der Waals surface area contributed by atoms with Gasteiger partial charge in [0.1, 0.15) is 18.4 Å². The van der Waals surface area contributed by atoms with Crippen molar-refractivity contribution in [2.45, 2.75) is 65.1 Å². The van der Waals surface area contributed by atoms with Crippen molar-refractivity contribution in [3.05, 3.63) is 23.8 Å². The smallest absolute Gasteiger partial charge is 0.409 e. The number of aryl methyl sites for hydroxylation is 2. The SMILES string of the molecule is CCOC(=O)[C@H]1CC[C@H](Oc2ncc(-c3cnn(C)c3COC(=O)N(C)CC3CCC3)nc2C)C1. The van der Waals surface area contributed by atoms with E-state index < -0.39 is 0 Å². The van der Waals surface area contributed by atoms with Crippen molar-refractivity contribution >= 4 is 12.1 Å². The Hall–Kier alpha value is -3.17. The van der Waals surface area contributed by atoms with E-state index in [2.05, 4.69) is 15.1 Å². The zero-order chi connectivity index (χ0) is 24.9. The van der Waals surface area contributed by atoms with E-state index in [0.717, 1.165) is 30.6 Å². The van der Waals surface area contributed by atoms with E-state index >= 15 is 0 Å². The Morgan fingerprint density at radius 2 is 1.97 bits per heavy atom. The van der Waals surface area contributed by atoms with Crippen LogP contribution in [0.15, 0.2) is 12.4 Å². The molecule has 35 heavy (non-hydrogen) atoms. The molecule has 0 bridgehead atoms. The first kappa shape index (κ1) is 24.9. The number of rotatable bonds is 9. The Labute approximate surface area is 206 Å². The predicted molar refractivity (Wildman–Crippen MR) is 128 cm³/mol. The molecule has 0 saturated heterocycles. The van der Waals surface area contributed by atoms with Crippen LogP contribution in [-0.2, 0) is 27.9 Å². The van der Waals surface area contributed by atoms with Gasteiger partial charge in [-0.1, -0.05) is 6.42 Å². The minimum atomic E-state index is -0.340. The number of aromatic nitrogens is 4. The summed E-state index contributed by atoms with van der Waals surface area (Å²) in [7, 11) is 3.58. The maximum Gasteiger partial charge on any atom is 0.409 e. The topological polar surface area (TPSA) is 109 Å². The molecule has 0 spiro atoms.